The van der Waals surface area contributed by atoms with Crippen LogP contribution in [-0.2, 0) is 12.8 Å². The molecule has 1 aromatic heterocycles. The van der Waals surface area contributed by atoms with Gasteiger partial charge in [-0.15, -0.1) is 0 Å². The molecule has 1 aliphatic rings. The molecule has 16 heavy (non-hydrogen) atoms. The second-order valence-electron chi connectivity index (χ2n) is 4.46. The molecular formula is C15H15N. The average Bonchev–Trinajstić information content (AvgIpc) is 2.74. The summed E-state index contributed by atoms with van der Waals surface area (Å²) in [7, 11) is 0. The first kappa shape index (κ1) is 9.59. The third-order valence-electron chi connectivity index (χ3n) is 3.44. The Morgan fingerprint density at radius 3 is 2.81 bits per heavy atom. The second kappa shape index (κ2) is 4.09. The highest BCUT2D eigenvalue weighted by molar-refractivity contribution is 5.35. The summed E-state index contributed by atoms with van der Waals surface area (Å²) >= 11 is 0. The topological polar surface area (TPSA) is 12.9 Å². The van der Waals surface area contributed by atoms with E-state index >= 15 is 0 Å². The van der Waals surface area contributed by atoms with Crippen molar-refractivity contribution in [3.8, 4) is 0 Å². The van der Waals surface area contributed by atoms with Crippen molar-refractivity contribution in [3.05, 3.63) is 65.5 Å². The fraction of sp³-hybridized carbons (Fsp3) is 0.267. The van der Waals surface area contributed by atoms with Crippen molar-refractivity contribution in [1.82, 2.24) is 4.98 Å². The van der Waals surface area contributed by atoms with Gasteiger partial charge in [0.2, 0.25) is 0 Å². The Hall–Kier alpha value is -1.63. The maximum Gasteiger partial charge on any atom is 0.0409 e. The average molecular weight is 209 g/mol. The van der Waals surface area contributed by atoms with E-state index < -0.39 is 0 Å². The zero-order chi connectivity index (χ0) is 10.8. The van der Waals surface area contributed by atoms with Crippen molar-refractivity contribution in [2.24, 2.45) is 0 Å². The van der Waals surface area contributed by atoms with E-state index in [2.05, 4.69) is 41.4 Å². The maximum atomic E-state index is 4.42. The van der Waals surface area contributed by atoms with Gasteiger partial charge in [-0.3, -0.25) is 4.98 Å². The van der Waals surface area contributed by atoms with Crippen LogP contribution in [0.3, 0.4) is 0 Å². The number of rotatable bonds is 2. The number of hydrogen-bond donors (Lipinski definition) is 0. The minimum Gasteiger partial charge on any atom is -0.261 e. The van der Waals surface area contributed by atoms with Gasteiger partial charge in [0.15, 0.2) is 0 Å². The molecule has 0 fully saturated rings. The number of fused-ring (bicyclic) bond motifs is 1. The SMILES string of the molecule is c1ccc(C[C@H]2CCc3ccccc32)nc1. The molecule has 1 heteroatoms. The largest absolute Gasteiger partial charge is 0.261 e. The van der Waals surface area contributed by atoms with E-state index in [9.17, 15) is 0 Å². The van der Waals surface area contributed by atoms with Crippen molar-refractivity contribution < 1.29 is 0 Å². The van der Waals surface area contributed by atoms with E-state index in [1.807, 2.05) is 12.3 Å². The smallest absolute Gasteiger partial charge is 0.0409 e. The van der Waals surface area contributed by atoms with Gasteiger partial charge in [0.25, 0.3) is 0 Å². The lowest BCUT2D eigenvalue weighted by molar-refractivity contribution is 0.663. The second-order valence-corrected chi connectivity index (χ2v) is 4.46. The molecule has 0 aliphatic heterocycles. The third-order valence-corrected chi connectivity index (χ3v) is 3.44. The van der Waals surface area contributed by atoms with Gasteiger partial charge in [0.05, 0.1) is 0 Å². The predicted octanol–water partition coefficient (Wildman–Crippen LogP) is 3.35. The van der Waals surface area contributed by atoms with Crippen LogP contribution in [0, 0.1) is 0 Å². The van der Waals surface area contributed by atoms with Crippen molar-refractivity contribution >= 4 is 0 Å². The molecule has 0 N–H and O–H groups in total. The van der Waals surface area contributed by atoms with Crippen LogP contribution in [0.2, 0.25) is 0 Å². The molecule has 1 atom stereocenters. The summed E-state index contributed by atoms with van der Waals surface area (Å²) in [6.45, 7) is 0. The van der Waals surface area contributed by atoms with Crippen LogP contribution < -0.4 is 0 Å². The molecule has 3 rings (SSSR count). The highest BCUT2D eigenvalue weighted by atomic mass is 14.7. The first-order valence-corrected chi connectivity index (χ1v) is 5.91. The molecule has 80 valence electrons. The molecule has 2 aromatic rings. The van der Waals surface area contributed by atoms with Crippen LogP contribution in [-0.4, -0.2) is 4.98 Å². The molecule has 0 radical (unpaired) electrons. The Morgan fingerprint density at radius 1 is 1.06 bits per heavy atom. The quantitative estimate of drug-likeness (QED) is 0.739. The molecule has 1 heterocycles. The predicted molar refractivity (Wildman–Crippen MR) is 65.4 cm³/mol. The van der Waals surface area contributed by atoms with Crippen LogP contribution in [0.1, 0.15) is 29.2 Å². The van der Waals surface area contributed by atoms with Crippen LogP contribution in [0.4, 0.5) is 0 Å². The van der Waals surface area contributed by atoms with Gasteiger partial charge in [0, 0.05) is 11.9 Å². The lowest BCUT2D eigenvalue weighted by Crippen LogP contribution is -2.00. The summed E-state index contributed by atoms with van der Waals surface area (Å²) < 4.78 is 0. The maximum absolute atomic E-state index is 4.42. The Morgan fingerprint density at radius 2 is 1.94 bits per heavy atom. The minimum atomic E-state index is 0.672. The van der Waals surface area contributed by atoms with Gasteiger partial charge >= 0.3 is 0 Å². The number of benzene rings is 1. The van der Waals surface area contributed by atoms with Crippen LogP contribution >= 0.6 is 0 Å². The van der Waals surface area contributed by atoms with Crippen LogP contribution in [0.15, 0.2) is 48.7 Å². The lowest BCUT2D eigenvalue weighted by Gasteiger charge is -2.10. The number of aromatic nitrogens is 1. The number of nitrogens with zero attached hydrogens (tertiary/aromatic N) is 1. The molecule has 1 aliphatic carbocycles. The zero-order valence-corrected chi connectivity index (χ0v) is 9.26. The molecule has 0 unspecified atom stereocenters. The fourth-order valence-electron chi connectivity index (χ4n) is 2.63. The van der Waals surface area contributed by atoms with E-state index in [4.69, 9.17) is 0 Å². The normalized spacial score (nSPS) is 18.4. The van der Waals surface area contributed by atoms with E-state index in [-0.39, 0.29) is 0 Å². The molecule has 1 nitrogen and oxygen atoms in total. The molecule has 0 spiro atoms. The summed E-state index contributed by atoms with van der Waals surface area (Å²) in [6.07, 6.45) is 5.47. The van der Waals surface area contributed by atoms with Gasteiger partial charge in [0.1, 0.15) is 0 Å². The van der Waals surface area contributed by atoms with Gasteiger partial charge in [-0.1, -0.05) is 30.3 Å². The van der Waals surface area contributed by atoms with Crippen molar-refractivity contribution in [2.75, 3.05) is 0 Å². The molecular weight excluding hydrogens is 194 g/mol. The van der Waals surface area contributed by atoms with E-state index in [0.29, 0.717) is 5.92 Å². The van der Waals surface area contributed by atoms with Crippen molar-refractivity contribution in [2.45, 2.75) is 25.2 Å². The van der Waals surface area contributed by atoms with Gasteiger partial charge in [-0.05, 0) is 48.4 Å². The Bertz CT molecular complexity index is 476. The first-order chi connectivity index (χ1) is 7.93. The summed E-state index contributed by atoms with van der Waals surface area (Å²) in [5.41, 5.74) is 4.28. The highest BCUT2D eigenvalue weighted by Crippen LogP contribution is 2.34. The van der Waals surface area contributed by atoms with E-state index in [1.54, 1.807) is 0 Å². The number of hydrogen-bond acceptors (Lipinski definition) is 1. The number of pyridine rings is 1. The highest BCUT2D eigenvalue weighted by Gasteiger charge is 2.22. The summed E-state index contributed by atoms with van der Waals surface area (Å²) in [5, 5.41) is 0. The van der Waals surface area contributed by atoms with E-state index in [0.717, 1.165) is 6.42 Å². The fourth-order valence-corrected chi connectivity index (χ4v) is 2.63. The zero-order valence-electron chi connectivity index (χ0n) is 9.26. The molecule has 1 aromatic carbocycles. The molecule has 0 saturated heterocycles. The van der Waals surface area contributed by atoms with Gasteiger partial charge in [-0.2, -0.15) is 0 Å². The van der Waals surface area contributed by atoms with Gasteiger partial charge in [-0.25, -0.2) is 0 Å². The third kappa shape index (κ3) is 1.73. The lowest BCUT2D eigenvalue weighted by atomic mass is 9.96. The van der Waals surface area contributed by atoms with Gasteiger partial charge < -0.3 is 0 Å². The molecule has 0 amide bonds. The first-order valence-electron chi connectivity index (χ1n) is 5.91. The van der Waals surface area contributed by atoms with Crippen molar-refractivity contribution in [1.29, 1.82) is 0 Å². The summed E-state index contributed by atoms with van der Waals surface area (Å²) in [6, 6.07) is 15.0. The molecule has 0 bridgehead atoms. The summed E-state index contributed by atoms with van der Waals surface area (Å²) in [4.78, 5) is 4.42. The van der Waals surface area contributed by atoms with Crippen molar-refractivity contribution in [3.63, 3.8) is 0 Å². The Labute approximate surface area is 96.2 Å². The van der Waals surface area contributed by atoms with E-state index in [1.165, 1.54) is 29.7 Å². The monoisotopic (exact) mass is 209 g/mol. The minimum absolute atomic E-state index is 0.672. The molecule has 0 saturated carbocycles. The standard InChI is InChI=1S/C15H15N/c1-2-7-15-12(5-1)8-9-13(15)11-14-6-3-4-10-16-14/h1-7,10,13H,8-9,11H2/t13-/m1/s1. The Balaban J connectivity index is 1.84. The summed E-state index contributed by atoms with van der Waals surface area (Å²) in [5.74, 6) is 0.672. The van der Waals surface area contributed by atoms with Crippen LogP contribution in [0.25, 0.3) is 0 Å². The van der Waals surface area contributed by atoms with Crippen LogP contribution in [0.5, 0.6) is 0 Å². The Kier molecular flexibility index (Phi) is 2.45. The number of aryl methyl sites for hydroxylation is 1.